The molecule has 0 heterocycles. The summed E-state index contributed by atoms with van der Waals surface area (Å²) in [6, 6.07) is 0. The highest BCUT2D eigenvalue weighted by molar-refractivity contribution is 7.81. The van der Waals surface area contributed by atoms with Crippen LogP contribution in [0.25, 0.3) is 0 Å². The van der Waals surface area contributed by atoms with Crippen LogP contribution in [0.2, 0.25) is 0 Å². The van der Waals surface area contributed by atoms with Gasteiger partial charge in [0.2, 0.25) is 5.91 Å². The molecule has 5 nitrogen and oxygen atoms in total. The maximum absolute atomic E-state index is 10.6. The second-order valence-corrected chi connectivity index (χ2v) is 3.47. The summed E-state index contributed by atoms with van der Waals surface area (Å²) in [4.78, 5) is 19.2. The average Bonchev–Trinajstić information content (AvgIpc) is 2.04. The van der Waals surface area contributed by atoms with Crippen LogP contribution in [0.3, 0.4) is 0 Å². The number of primary amides is 1. The lowest BCUT2D eigenvalue weighted by atomic mass is 10.0. The highest BCUT2D eigenvalue weighted by Crippen LogP contribution is 2.27. The topological polar surface area (TPSA) is 86.2 Å². The minimum Gasteiger partial charge on any atom is -0.366 e. The number of amides is 1. The van der Waals surface area contributed by atoms with Gasteiger partial charge >= 0.3 is 0 Å². The van der Waals surface area contributed by atoms with Gasteiger partial charge in [0.05, 0.1) is 6.42 Å². The predicted octanol–water partition coefficient (Wildman–Crippen LogP) is 0.261. The maximum Gasteiger partial charge on any atom is 0.286 e. The highest BCUT2D eigenvalue weighted by Gasteiger charge is 2.36. The van der Waals surface area contributed by atoms with Gasteiger partial charge in [0.1, 0.15) is 0 Å². The molecule has 1 atom stereocenters. The summed E-state index contributed by atoms with van der Waals surface area (Å²) in [6.07, 6.45) is 4.06. The Labute approximate surface area is 79.9 Å². The molecule has 2 N–H and O–H groups in total. The lowest BCUT2D eigenvalue weighted by Crippen LogP contribution is -2.31. The van der Waals surface area contributed by atoms with E-state index in [1.54, 1.807) is 0 Å². The van der Waals surface area contributed by atoms with Crippen LogP contribution in [0.1, 0.15) is 6.42 Å². The third-order valence-corrected chi connectivity index (χ3v) is 2.25. The summed E-state index contributed by atoms with van der Waals surface area (Å²) in [6.45, 7) is 0. The number of nitro groups is 1. The molecule has 0 saturated carbocycles. The van der Waals surface area contributed by atoms with E-state index in [-0.39, 0.29) is 12.0 Å². The third kappa shape index (κ3) is 1.89. The molecular weight excluding hydrogens is 192 g/mol. The van der Waals surface area contributed by atoms with Gasteiger partial charge in [0, 0.05) is 16.6 Å². The first kappa shape index (κ1) is 9.79. The van der Waals surface area contributed by atoms with E-state index in [9.17, 15) is 14.9 Å². The first-order chi connectivity index (χ1) is 5.96. The van der Waals surface area contributed by atoms with E-state index in [0.29, 0.717) is 0 Å². The molecule has 1 amide bonds. The Kier molecular flexibility index (Phi) is 2.42. The molecule has 1 unspecified atom stereocenters. The van der Waals surface area contributed by atoms with Crippen molar-refractivity contribution in [2.75, 3.05) is 0 Å². The summed E-state index contributed by atoms with van der Waals surface area (Å²) in [5.74, 6) is -0.588. The van der Waals surface area contributed by atoms with Crippen molar-refractivity contribution in [3.63, 3.8) is 0 Å². The van der Waals surface area contributed by atoms with Crippen LogP contribution in [0, 0.1) is 10.1 Å². The van der Waals surface area contributed by atoms with Crippen molar-refractivity contribution in [1.29, 1.82) is 0 Å². The molecule has 1 rings (SSSR count). The zero-order valence-corrected chi connectivity index (χ0v) is 7.53. The molecule has 1 aliphatic carbocycles. The standard InChI is InChI=1S/C7H8N2O3S/c8-6(10)5-1-3-7(13,4-2-5)9(11)12/h1-3,13H,4H2,(H2,8,10). The summed E-state index contributed by atoms with van der Waals surface area (Å²) in [5.41, 5.74) is 5.26. The van der Waals surface area contributed by atoms with Crippen molar-refractivity contribution in [3.8, 4) is 0 Å². The molecule has 0 spiro atoms. The fourth-order valence-electron chi connectivity index (χ4n) is 0.938. The number of thiol groups is 1. The van der Waals surface area contributed by atoms with E-state index in [2.05, 4.69) is 12.6 Å². The van der Waals surface area contributed by atoms with Gasteiger partial charge in [-0.1, -0.05) is 18.7 Å². The van der Waals surface area contributed by atoms with E-state index in [4.69, 9.17) is 5.73 Å². The molecular formula is C7H8N2O3S. The molecule has 0 aromatic carbocycles. The van der Waals surface area contributed by atoms with Crippen LogP contribution in [0.5, 0.6) is 0 Å². The molecule has 0 aromatic rings. The fourth-order valence-corrected chi connectivity index (χ4v) is 1.10. The predicted molar refractivity (Wildman–Crippen MR) is 49.7 cm³/mol. The molecule has 0 bridgehead atoms. The van der Waals surface area contributed by atoms with Crippen LogP contribution in [0.4, 0.5) is 0 Å². The minimum atomic E-state index is -1.40. The summed E-state index contributed by atoms with van der Waals surface area (Å²) in [7, 11) is 0. The molecule has 0 aliphatic heterocycles. The average molecular weight is 200 g/mol. The van der Waals surface area contributed by atoms with Gasteiger partial charge < -0.3 is 5.73 Å². The smallest absolute Gasteiger partial charge is 0.286 e. The van der Waals surface area contributed by atoms with Crippen LogP contribution in [0.15, 0.2) is 23.8 Å². The number of hydrogen-bond acceptors (Lipinski definition) is 4. The Hall–Kier alpha value is -1.30. The van der Waals surface area contributed by atoms with Crippen molar-refractivity contribution in [3.05, 3.63) is 33.9 Å². The van der Waals surface area contributed by atoms with Crippen molar-refractivity contribution in [2.24, 2.45) is 5.73 Å². The van der Waals surface area contributed by atoms with Crippen molar-refractivity contribution in [2.45, 2.75) is 11.3 Å². The van der Waals surface area contributed by atoms with Crippen molar-refractivity contribution >= 4 is 18.5 Å². The van der Waals surface area contributed by atoms with Gasteiger partial charge in [-0.25, -0.2) is 0 Å². The van der Waals surface area contributed by atoms with E-state index in [1.165, 1.54) is 18.2 Å². The van der Waals surface area contributed by atoms with Gasteiger partial charge in [-0.05, 0) is 6.08 Å². The lowest BCUT2D eigenvalue weighted by Gasteiger charge is -2.17. The second-order valence-electron chi connectivity index (χ2n) is 2.70. The Morgan fingerprint density at radius 1 is 1.77 bits per heavy atom. The number of hydrogen-bond donors (Lipinski definition) is 2. The number of nitrogens with two attached hydrogens (primary N) is 1. The summed E-state index contributed by atoms with van der Waals surface area (Å²) < 4.78 is 0. The number of carbonyl (C=O) groups is 1. The number of rotatable bonds is 2. The quantitative estimate of drug-likeness (QED) is 0.290. The minimum absolute atomic E-state index is 0.0673. The molecule has 0 saturated heterocycles. The number of nitrogens with zero attached hydrogens (tertiary/aromatic N) is 1. The van der Waals surface area contributed by atoms with Crippen molar-refractivity contribution in [1.82, 2.24) is 0 Å². The molecule has 1 aliphatic rings. The molecule has 13 heavy (non-hydrogen) atoms. The molecule has 6 heteroatoms. The first-order valence-electron chi connectivity index (χ1n) is 3.52. The van der Waals surface area contributed by atoms with Gasteiger partial charge in [0.25, 0.3) is 4.87 Å². The van der Waals surface area contributed by atoms with E-state index >= 15 is 0 Å². The Balaban J connectivity index is 2.85. The second kappa shape index (κ2) is 3.21. The normalized spacial score (nSPS) is 26.7. The van der Waals surface area contributed by atoms with Crippen molar-refractivity contribution < 1.29 is 9.72 Å². The Morgan fingerprint density at radius 3 is 2.69 bits per heavy atom. The number of carbonyl (C=O) groups excluding carboxylic acids is 1. The Morgan fingerprint density at radius 2 is 2.38 bits per heavy atom. The maximum atomic E-state index is 10.6. The van der Waals surface area contributed by atoms with Crippen LogP contribution in [-0.4, -0.2) is 15.7 Å². The van der Waals surface area contributed by atoms with E-state index in [0.717, 1.165) is 0 Å². The SMILES string of the molecule is NC(=O)C1=CCC(S)([N+](=O)[O-])C=C1. The van der Waals surface area contributed by atoms with E-state index < -0.39 is 15.7 Å². The van der Waals surface area contributed by atoms with Crippen LogP contribution in [-0.2, 0) is 4.79 Å². The van der Waals surface area contributed by atoms with Gasteiger partial charge in [-0.3, -0.25) is 14.9 Å². The van der Waals surface area contributed by atoms with Gasteiger partial charge in [-0.2, -0.15) is 0 Å². The Bertz CT molecular complexity index is 324. The first-order valence-corrected chi connectivity index (χ1v) is 3.96. The summed E-state index contributed by atoms with van der Waals surface area (Å²) in [5, 5.41) is 10.5. The fraction of sp³-hybridized carbons (Fsp3) is 0.286. The molecule has 0 radical (unpaired) electrons. The third-order valence-electron chi connectivity index (χ3n) is 1.75. The lowest BCUT2D eigenvalue weighted by molar-refractivity contribution is -0.523. The zero-order valence-electron chi connectivity index (χ0n) is 6.64. The van der Waals surface area contributed by atoms with Gasteiger partial charge in [-0.15, -0.1) is 0 Å². The zero-order chi connectivity index (χ0) is 10.1. The van der Waals surface area contributed by atoms with Gasteiger partial charge in [0.15, 0.2) is 0 Å². The van der Waals surface area contributed by atoms with Crippen LogP contribution >= 0.6 is 12.6 Å². The molecule has 70 valence electrons. The molecule has 0 aromatic heterocycles. The highest BCUT2D eigenvalue weighted by atomic mass is 32.1. The summed E-state index contributed by atoms with van der Waals surface area (Å²) >= 11 is 3.87. The van der Waals surface area contributed by atoms with E-state index in [1.807, 2.05) is 0 Å². The molecule has 0 fully saturated rings. The van der Waals surface area contributed by atoms with Crippen LogP contribution < -0.4 is 5.73 Å². The largest absolute Gasteiger partial charge is 0.366 e. The monoisotopic (exact) mass is 200 g/mol.